The average molecular weight is 494 g/mol. The fourth-order valence-corrected chi connectivity index (χ4v) is 4.92. The fraction of sp³-hybridized carbons (Fsp3) is 0.345. The van der Waals surface area contributed by atoms with Gasteiger partial charge in [-0.1, -0.05) is 73.5 Å². The zero-order chi connectivity index (χ0) is 25.2. The molecule has 0 radical (unpaired) electrons. The van der Waals surface area contributed by atoms with Crippen LogP contribution in [0.3, 0.4) is 0 Å². The third kappa shape index (κ3) is 5.10. The van der Waals surface area contributed by atoms with E-state index in [2.05, 4.69) is 31.3 Å². The molecule has 0 bridgehead atoms. The molecule has 6 heteroatoms. The van der Waals surface area contributed by atoms with Crippen molar-refractivity contribution in [3.8, 4) is 11.5 Å². The second-order valence-corrected chi connectivity index (χ2v) is 9.87. The number of carbonyl (C=O) groups excluding carboxylic acids is 1. The van der Waals surface area contributed by atoms with Crippen LogP contribution in [0.5, 0.6) is 11.5 Å². The largest absolute Gasteiger partial charge is 0.490 e. The van der Waals surface area contributed by atoms with Crippen molar-refractivity contribution in [1.82, 2.24) is 0 Å². The van der Waals surface area contributed by atoms with Crippen molar-refractivity contribution in [3.63, 3.8) is 0 Å². The number of hydrogen-bond acceptors (Lipinski definition) is 5. The Balaban J connectivity index is 1.80. The third-order valence-corrected chi connectivity index (χ3v) is 6.81. The highest BCUT2D eigenvalue weighted by molar-refractivity contribution is 6.31. The molecule has 3 aromatic rings. The van der Waals surface area contributed by atoms with Crippen LogP contribution >= 0.6 is 11.6 Å². The molecule has 4 rings (SSSR count). The van der Waals surface area contributed by atoms with E-state index in [1.807, 2.05) is 62.4 Å². The van der Waals surface area contributed by atoms with Crippen LogP contribution in [0, 0.1) is 12.3 Å². The number of ether oxygens (including phenoxy) is 3. The normalized spacial score (nSPS) is 18.2. The van der Waals surface area contributed by atoms with Gasteiger partial charge in [0, 0.05) is 39.7 Å². The van der Waals surface area contributed by atoms with Crippen molar-refractivity contribution < 1.29 is 19.0 Å². The van der Waals surface area contributed by atoms with Gasteiger partial charge in [-0.15, -0.1) is 0 Å². The number of anilines is 1. The number of nitrogens with one attached hydrogen (secondary N) is 1. The summed E-state index contributed by atoms with van der Waals surface area (Å²) in [6, 6.07) is 19.5. The molecule has 0 amide bonds. The SMILES string of the molecule is CCOc1cccc([C@H]2Nc3ccc(C)cc3[C@H](OC(C)=O)C2(C)C)c1OCc1ccccc1Cl. The van der Waals surface area contributed by atoms with Gasteiger partial charge in [-0.3, -0.25) is 4.79 Å². The van der Waals surface area contributed by atoms with E-state index >= 15 is 0 Å². The first-order valence-corrected chi connectivity index (χ1v) is 12.3. The standard InChI is InChI=1S/C29H32ClNO4/c1-6-33-25-13-9-11-21(26(25)34-17-20-10-7-8-12-23(20)30)27-29(4,5)28(35-19(3)32)22-16-18(2)14-15-24(22)31-27/h7-16,27-28,31H,6,17H2,1-5H3/t27-,28+/m1/s1. The minimum Gasteiger partial charge on any atom is -0.490 e. The van der Waals surface area contributed by atoms with Gasteiger partial charge in [-0.2, -0.15) is 0 Å². The Bertz CT molecular complexity index is 1220. The van der Waals surface area contributed by atoms with Crippen molar-refractivity contribution in [2.45, 2.75) is 53.4 Å². The molecule has 3 aromatic carbocycles. The number of esters is 1. The van der Waals surface area contributed by atoms with Crippen molar-refractivity contribution in [2.75, 3.05) is 11.9 Å². The Hall–Kier alpha value is -3.18. The van der Waals surface area contributed by atoms with Crippen LogP contribution in [0.4, 0.5) is 5.69 Å². The number of hydrogen-bond donors (Lipinski definition) is 1. The van der Waals surface area contributed by atoms with Gasteiger partial charge in [0.1, 0.15) is 12.7 Å². The lowest BCUT2D eigenvalue weighted by Crippen LogP contribution is -2.40. The highest BCUT2D eigenvalue weighted by Crippen LogP contribution is 2.55. The molecule has 1 N–H and O–H groups in total. The highest BCUT2D eigenvalue weighted by Gasteiger charge is 2.47. The van der Waals surface area contributed by atoms with Gasteiger partial charge in [-0.05, 0) is 32.0 Å². The summed E-state index contributed by atoms with van der Waals surface area (Å²) >= 11 is 6.39. The molecule has 0 spiro atoms. The molecule has 1 aliphatic heterocycles. The predicted molar refractivity (Wildman–Crippen MR) is 139 cm³/mol. The molecule has 0 aliphatic carbocycles. The summed E-state index contributed by atoms with van der Waals surface area (Å²) in [5.41, 5.74) is 4.34. The van der Waals surface area contributed by atoms with Gasteiger partial charge in [0.2, 0.25) is 0 Å². The number of halogens is 1. The Morgan fingerprint density at radius 3 is 2.51 bits per heavy atom. The fourth-order valence-electron chi connectivity index (χ4n) is 4.73. The maximum absolute atomic E-state index is 12.1. The van der Waals surface area contributed by atoms with E-state index in [1.54, 1.807) is 0 Å². The topological polar surface area (TPSA) is 56.8 Å². The smallest absolute Gasteiger partial charge is 0.303 e. The minimum atomic E-state index is -0.500. The van der Waals surface area contributed by atoms with E-state index in [1.165, 1.54) is 6.92 Å². The van der Waals surface area contributed by atoms with Crippen LogP contribution in [0.2, 0.25) is 5.02 Å². The molecule has 1 heterocycles. The molecule has 1 aliphatic rings. The summed E-state index contributed by atoms with van der Waals surface area (Å²) in [6.45, 7) is 10.5. The summed E-state index contributed by atoms with van der Waals surface area (Å²) in [5, 5.41) is 4.35. The minimum absolute atomic E-state index is 0.219. The highest BCUT2D eigenvalue weighted by atomic mass is 35.5. The summed E-state index contributed by atoms with van der Waals surface area (Å²) in [7, 11) is 0. The maximum Gasteiger partial charge on any atom is 0.303 e. The molecule has 0 fully saturated rings. The quantitative estimate of drug-likeness (QED) is 0.347. The van der Waals surface area contributed by atoms with E-state index in [0.29, 0.717) is 29.7 Å². The number of aryl methyl sites for hydroxylation is 1. The Morgan fingerprint density at radius 1 is 1.03 bits per heavy atom. The van der Waals surface area contributed by atoms with Crippen molar-refractivity contribution in [2.24, 2.45) is 5.41 Å². The van der Waals surface area contributed by atoms with Gasteiger partial charge in [0.05, 0.1) is 12.6 Å². The molecule has 0 saturated heterocycles. The molecule has 0 aromatic heterocycles. The summed E-state index contributed by atoms with van der Waals surface area (Å²) in [4.78, 5) is 12.1. The first-order chi connectivity index (χ1) is 16.7. The maximum atomic E-state index is 12.1. The Kier molecular flexibility index (Phi) is 7.27. The zero-order valence-corrected chi connectivity index (χ0v) is 21.6. The van der Waals surface area contributed by atoms with Crippen molar-refractivity contribution in [1.29, 1.82) is 0 Å². The van der Waals surface area contributed by atoms with E-state index in [4.69, 9.17) is 25.8 Å². The second-order valence-electron chi connectivity index (χ2n) is 9.47. The van der Waals surface area contributed by atoms with Crippen LogP contribution in [-0.2, 0) is 16.1 Å². The molecule has 0 saturated carbocycles. The Morgan fingerprint density at radius 2 is 1.80 bits per heavy atom. The van der Waals surface area contributed by atoms with Crippen LogP contribution in [-0.4, -0.2) is 12.6 Å². The number of carbonyl (C=O) groups is 1. The molecule has 184 valence electrons. The first kappa shape index (κ1) is 24.9. The average Bonchev–Trinajstić information content (AvgIpc) is 2.81. The molecular formula is C29H32ClNO4. The first-order valence-electron chi connectivity index (χ1n) is 11.9. The number of rotatable bonds is 7. The lowest BCUT2D eigenvalue weighted by atomic mass is 9.70. The Labute approximate surface area is 212 Å². The lowest BCUT2D eigenvalue weighted by molar-refractivity contribution is -0.154. The van der Waals surface area contributed by atoms with E-state index in [9.17, 15) is 4.79 Å². The van der Waals surface area contributed by atoms with Crippen LogP contribution < -0.4 is 14.8 Å². The predicted octanol–water partition coefficient (Wildman–Crippen LogP) is 7.42. The number of benzene rings is 3. The van der Waals surface area contributed by atoms with Crippen molar-refractivity contribution >= 4 is 23.3 Å². The van der Waals surface area contributed by atoms with Gasteiger partial charge in [0.25, 0.3) is 0 Å². The molecule has 5 nitrogen and oxygen atoms in total. The second kappa shape index (κ2) is 10.2. The monoisotopic (exact) mass is 493 g/mol. The van der Waals surface area contributed by atoms with Crippen LogP contribution in [0.1, 0.15) is 62.1 Å². The third-order valence-electron chi connectivity index (χ3n) is 6.44. The lowest BCUT2D eigenvalue weighted by Gasteiger charge is -2.46. The van der Waals surface area contributed by atoms with E-state index < -0.39 is 11.5 Å². The summed E-state index contributed by atoms with van der Waals surface area (Å²) < 4.78 is 18.3. The van der Waals surface area contributed by atoms with Crippen LogP contribution in [0.25, 0.3) is 0 Å². The van der Waals surface area contributed by atoms with Crippen LogP contribution in [0.15, 0.2) is 60.7 Å². The van der Waals surface area contributed by atoms with Gasteiger partial charge in [0.15, 0.2) is 11.5 Å². The number of fused-ring (bicyclic) bond motifs is 1. The zero-order valence-electron chi connectivity index (χ0n) is 20.9. The van der Waals surface area contributed by atoms with Gasteiger partial charge in [-0.25, -0.2) is 0 Å². The summed E-state index contributed by atoms with van der Waals surface area (Å²) in [6.07, 6.45) is -0.437. The molecular weight excluding hydrogens is 462 g/mol. The van der Waals surface area contributed by atoms with Crippen molar-refractivity contribution in [3.05, 3.63) is 87.9 Å². The van der Waals surface area contributed by atoms with Gasteiger partial charge >= 0.3 is 5.97 Å². The molecule has 2 atom stereocenters. The number of para-hydroxylation sites is 1. The molecule has 35 heavy (non-hydrogen) atoms. The van der Waals surface area contributed by atoms with Gasteiger partial charge < -0.3 is 19.5 Å². The molecule has 0 unspecified atom stereocenters. The van der Waals surface area contributed by atoms with E-state index in [-0.39, 0.29) is 12.0 Å². The summed E-state index contributed by atoms with van der Waals surface area (Å²) in [5.74, 6) is 1.000. The van der Waals surface area contributed by atoms with E-state index in [0.717, 1.165) is 27.9 Å².